The van der Waals surface area contributed by atoms with Gasteiger partial charge in [-0.25, -0.2) is 0 Å². The molecule has 0 atom stereocenters. The van der Waals surface area contributed by atoms with Crippen molar-refractivity contribution in [3.8, 4) is 0 Å². The first-order valence-corrected chi connectivity index (χ1v) is 3.95. The minimum Gasteiger partial charge on any atom is -0.497 e. The van der Waals surface area contributed by atoms with E-state index in [4.69, 9.17) is 11.6 Å². The van der Waals surface area contributed by atoms with Crippen molar-refractivity contribution in [3.05, 3.63) is 0 Å². The van der Waals surface area contributed by atoms with E-state index >= 15 is 0 Å². The number of halogens is 1. The highest BCUT2D eigenvalue weighted by Gasteiger charge is 2.20. The van der Waals surface area contributed by atoms with Crippen LogP contribution in [0.5, 0.6) is 0 Å². The van der Waals surface area contributed by atoms with Crippen LogP contribution < -0.4 is 5.11 Å². The Hall–Kier alpha value is 0.420. The average molecular weight is 202 g/mol. The number of carbonyl (C=O) groups is 1. The second kappa shape index (κ2) is 4.33. The summed E-state index contributed by atoms with van der Waals surface area (Å²) < 4.78 is -0.729. The predicted octanol–water partition coefficient (Wildman–Crippen LogP) is 0.465. The Bertz CT molecular complexity index is 130. The van der Waals surface area contributed by atoms with E-state index in [2.05, 4.69) is 25.6 Å². The van der Waals surface area contributed by atoms with E-state index in [1.165, 1.54) is 0 Å². The van der Waals surface area contributed by atoms with Crippen molar-refractivity contribution in [1.29, 1.82) is 0 Å². The molecule has 0 aliphatic heterocycles. The van der Waals surface area contributed by atoms with Gasteiger partial charge in [-0.15, -0.1) is 11.6 Å². The molecule has 0 aromatic heterocycles. The Kier molecular flexibility index (Phi) is 4.51. The molecule has 0 aromatic carbocycles. The minimum atomic E-state index is -1.34. The molecule has 0 aromatic rings. The zero-order valence-corrected chi connectivity index (χ0v) is 7.70. The number of amides is 1. The van der Waals surface area contributed by atoms with E-state index in [1.54, 1.807) is 0 Å². The quantitative estimate of drug-likeness (QED) is 0.396. The number of alkyl halides is 1. The highest BCUT2D eigenvalue weighted by Crippen LogP contribution is 2.15. The third kappa shape index (κ3) is 3.55. The highest BCUT2D eigenvalue weighted by atomic mass is 35.5. The van der Waals surface area contributed by atoms with E-state index in [1.807, 2.05) is 0 Å². The van der Waals surface area contributed by atoms with Crippen LogP contribution in [0.2, 0.25) is 0 Å². The number of quaternary nitrogens is 1. The maximum atomic E-state index is 10.2. The van der Waals surface area contributed by atoms with E-state index in [0.717, 1.165) is 0 Å². The summed E-state index contributed by atoms with van der Waals surface area (Å²) in [6.07, 6.45) is -0.792. The summed E-state index contributed by atoms with van der Waals surface area (Å²) >= 11 is 12.7. The van der Waals surface area contributed by atoms with Crippen molar-refractivity contribution >= 4 is 43.3 Å². The molecule has 0 saturated carbocycles. The number of hydrogen-bond donors (Lipinski definition) is 2. The molecule has 0 heterocycles. The number of nitrogens with zero attached hydrogens (tertiary/aromatic N) is 1. The van der Waals surface area contributed by atoms with Crippen molar-refractivity contribution in [2.45, 2.75) is 6.42 Å². The topological polar surface area (TPSA) is 40.1 Å². The summed E-state index contributed by atoms with van der Waals surface area (Å²) in [6, 6.07) is 0. The molecule has 6 heteroatoms. The molecule has 0 bridgehead atoms. The number of thiol groups is 2. The van der Waals surface area contributed by atoms with Crippen molar-refractivity contribution in [2.75, 3.05) is 12.4 Å². The number of carbonyl (C=O) groups excluding carboxylic acids is 1. The Balaban J connectivity index is 3.75. The number of hydrogen-bond acceptors (Lipinski definition) is 4. The van der Waals surface area contributed by atoms with Crippen molar-refractivity contribution in [1.82, 2.24) is 0 Å². The summed E-state index contributed by atoms with van der Waals surface area (Å²) in [7, 11) is 0. The Labute approximate surface area is 75.6 Å². The SMILES string of the molecule is O=C([O-])[N+](S)(S)CCCCl. The molecule has 0 saturated heterocycles. The molecule has 10 heavy (non-hydrogen) atoms. The van der Waals surface area contributed by atoms with Crippen LogP contribution in [0.25, 0.3) is 0 Å². The van der Waals surface area contributed by atoms with E-state index in [9.17, 15) is 9.90 Å². The van der Waals surface area contributed by atoms with E-state index in [0.29, 0.717) is 12.3 Å². The van der Waals surface area contributed by atoms with Gasteiger partial charge in [-0.3, -0.25) is 0 Å². The first-order valence-electron chi connectivity index (χ1n) is 2.62. The third-order valence-electron chi connectivity index (χ3n) is 0.896. The van der Waals surface area contributed by atoms with Gasteiger partial charge < -0.3 is 9.90 Å². The van der Waals surface area contributed by atoms with Crippen LogP contribution in [0.4, 0.5) is 4.79 Å². The molecular weight excluding hydrogens is 194 g/mol. The molecular formula is C4H8ClNO2S2. The van der Waals surface area contributed by atoms with Crippen molar-refractivity contribution in [2.24, 2.45) is 0 Å². The fourth-order valence-electron chi connectivity index (χ4n) is 0.372. The highest BCUT2D eigenvalue weighted by molar-refractivity contribution is 7.88. The molecule has 3 nitrogen and oxygen atoms in total. The third-order valence-corrected chi connectivity index (χ3v) is 1.89. The van der Waals surface area contributed by atoms with Gasteiger partial charge in [-0.1, -0.05) is 0 Å². The smallest absolute Gasteiger partial charge is 0.281 e. The first-order chi connectivity index (χ1) is 4.50. The molecule has 0 unspecified atom stereocenters. The summed E-state index contributed by atoms with van der Waals surface area (Å²) in [5.41, 5.74) is 0. The van der Waals surface area contributed by atoms with E-state index < -0.39 is 9.39 Å². The molecule has 0 spiro atoms. The molecule has 0 rings (SSSR count). The van der Waals surface area contributed by atoms with Crippen LogP contribution in [-0.4, -0.2) is 21.8 Å². The summed E-state index contributed by atoms with van der Waals surface area (Å²) in [5.74, 6) is 0.397. The maximum Gasteiger partial charge on any atom is 0.281 e. The van der Waals surface area contributed by atoms with Crippen LogP contribution in [0.3, 0.4) is 0 Å². The van der Waals surface area contributed by atoms with Crippen LogP contribution in [0.1, 0.15) is 6.42 Å². The fraction of sp³-hybridized carbons (Fsp3) is 0.750. The van der Waals surface area contributed by atoms with Crippen LogP contribution >= 0.6 is 37.2 Å². The molecule has 0 aliphatic rings. The normalized spacial score (nSPS) is 11.5. The largest absolute Gasteiger partial charge is 0.497 e. The summed E-state index contributed by atoms with van der Waals surface area (Å²) in [4.78, 5) is 10.2. The van der Waals surface area contributed by atoms with Crippen LogP contribution in [-0.2, 0) is 0 Å². The lowest BCUT2D eigenvalue weighted by atomic mass is 10.5. The molecule has 0 aliphatic carbocycles. The van der Waals surface area contributed by atoms with Gasteiger partial charge in [0.15, 0.2) is 0 Å². The predicted molar refractivity (Wildman–Crippen MR) is 43.8 cm³/mol. The van der Waals surface area contributed by atoms with Crippen molar-refractivity contribution < 1.29 is 13.2 Å². The summed E-state index contributed by atoms with van der Waals surface area (Å²) in [5, 5.41) is 10.2. The molecule has 60 valence electrons. The monoisotopic (exact) mass is 201 g/mol. The van der Waals surface area contributed by atoms with Crippen molar-refractivity contribution in [3.63, 3.8) is 0 Å². The standard InChI is InChI=1S/C4H8ClNO2S2/c5-2-1-3-6(9,10)4(7)8/h9-10H,1-3H2. The molecule has 1 amide bonds. The molecule has 0 fully saturated rings. The zero-order chi connectivity index (χ0) is 8.20. The van der Waals surface area contributed by atoms with Gasteiger partial charge in [0.2, 0.25) is 0 Å². The fourth-order valence-corrected chi connectivity index (χ4v) is 0.774. The van der Waals surface area contributed by atoms with Gasteiger partial charge in [0.25, 0.3) is 6.09 Å². The van der Waals surface area contributed by atoms with Gasteiger partial charge in [0.05, 0.1) is 25.6 Å². The molecule has 0 N–H and O–H groups in total. The maximum absolute atomic E-state index is 10.2. The van der Waals surface area contributed by atoms with E-state index in [-0.39, 0.29) is 6.54 Å². The van der Waals surface area contributed by atoms with Gasteiger partial charge in [-0.2, -0.15) is 3.29 Å². The first kappa shape index (κ1) is 10.4. The van der Waals surface area contributed by atoms with Crippen LogP contribution in [0, 0.1) is 0 Å². The minimum absolute atomic E-state index is 0.248. The Morgan fingerprint density at radius 3 is 2.40 bits per heavy atom. The van der Waals surface area contributed by atoms with Gasteiger partial charge in [-0.05, 0) is 0 Å². The lowest BCUT2D eigenvalue weighted by Gasteiger charge is -2.22. The Morgan fingerprint density at radius 1 is 1.60 bits per heavy atom. The second-order valence-corrected chi connectivity index (χ2v) is 3.82. The second-order valence-electron chi connectivity index (χ2n) is 1.76. The number of rotatable bonds is 3. The van der Waals surface area contributed by atoms with Crippen LogP contribution in [0.15, 0.2) is 0 Å². The summed E-state index contributed by atoms with van der Waals surface area (Å²) in [6.45, 7) is 0.248. The zero-order valence-electron chi connectivity index (χ0n) is 5.16. The van der Waals surface area contributed by atoms with Gasteiger partial charge in [0.1, 0.15) is 6.54 Å². The lowest BCUT2D eigenvalue weighted by Crippen LogP contribution is -2.45. The molecule has 0 radical (unpaired) electrons. The average Bonchev–Trinajstić information content (AvgIpc) is 1.84. The van der Waals surface area contributed by atoms with Gasteiger partial charge in [0, 0.05) is 12.3 Å². The number of carboxylic acid groups (broad SMARTS) is 1. The van der Waals surface area contributed by atoms with Gasteiger partial charge >= 0.3 is 0 Å². The Morgan fingerprint density at radius 2 is 2.10 bits per heavy atom. The lowest BCUT2D eigenvalue weighted by molar-refractivity contribution is -0.605.